The van der Waals surface area contributed by atoms with Crippen LogP contribution in [0, 0.1) is 5.92 Å². The van der Waals surface area contributed by atoms with E-state index in [1.807, 2.05) is 4.90 Å². The van der Waals surface area contributed by atoms with Crippen LogP contribution in [0.15, 0.2) is 0 Å². The Balaban J connectivity index is 2.09. The van der Waals surface area contributed by atoms with Gasteiger partial charge in [-0.1, -0.05) is 0 Å². The van der Waals surface area contributed by atoms with Gasteiger partial charge in [0.05, 0.1) is 6.61 Å². The Morgan fingerprint density at radius 2 is 2.31 bits per heavy atom. The molecule has 0 amide bonds. The molecule has 2 rings (SSSR count). The van der Waals surface area contributed by atoms with Crippen molar-refractivity contribution in [1.82, 2.24) is 4.90 Å². The molecule has 0 aromatic rings. The monoisotopic (exact) mass is 191 g/mol. The quantitative estimate of drug-likeness (QED) is 0.706. The zero-order valence-electron chi connectivity index (χ0n) is 7.55. The van der Waals surface area contributed by atoms with Crippen LogP contribution in [0.2, 0.25) is 0 Å². The van der Waals surface area contributed by atoms with E-state index >= 15 is 0 Å². The zero-order chi connectivity index (χ0) is 9.47. The molecule has 2 heterocycles. The Bertz CT molecular complexity index is 200. The summed E-state index contributed by atoms with van der Waals surface area (Å²) in [5.74, 6) is -0.521. The second-order valence-corrected chi connectivity index (χ2v) is 4.23. The van der Waals surface area contributed by atoms with Crippen LogP contribution in [-0.4, -0.2) is 41.7 Å². The van der Waals surface area contributed by atoms with Gasteiger partial charge in [0.1, 0.15) is 0 Å². The summed E-state index contributed by atoms with van der Waals surface area (Å²) in [5, 5.41) is 9.24. The number of aliphatic hydroxyl groups excluding tert-OH is 1. The highest BCUT2D eigenvalue weighted by molar-refractivity contribution is 5.03. The van der Waals surface area contributed by atoms with E-state index in [0.717, 1.165) is 19.4 Å². The summed E-state index contributed by atoms with van der Waals surface area (Å²) in [6, 6.07) is 0. The molecule has 0 aromatic heterocycles. The molecular formula is C9H15F2NO. The number of rotatable bonds is 2. The fraction of sp³-hybridized carbons (Fsp3) is 1.00. The van der Waals surface area contributed by atoms with Gasteiger partial charge in [0, 0.05) is 18.0 Å². The maximum Gasteiger partial charge on any atom is 0.242 e. The average Bonchev–Trinajstić information content (AvgIpc) is 2.58. The molecule has 0 aliphatic carbocycles. The van der Waals surface area contributed by atoms with E-state index in [1.54, 1.807) is 0 Å². The predicted molar refractivity (Wildman–Crippen MR) is 44.7 cm³/mol. The number of hydrogen-bond acceptors (Lipinski definition) is 2. The third kappa shape index (κ3) is 1.36. The number of fused-ring (bicyclic) bond motifs is 1. The van der Waals surface area contributed by atoms with Gasteiger partial charge < -0.3 is 5.11 Å². The number of hydrogen-bond donors (Lipinski definition) is 1. The van der Waals surface area contributed by atoms with Crippen molar-refractivity contribution in [2.45, 2.75) is 31.2 Å². The molecule has 13 heavy (non-hydrogen) atoms. The molecule has 4 heteroatoms. The minimum atomic E-state index is -2.23. The van der Waals surface area contributed by atoms with Crippen molar-refractivity contribution >= 4 is 0 Å². The van der Waals surface area contributed by atoms with Crippen molar-refractivity contribution < 1.29 is 13.9 Å². The minimum Gasteiger partial charge on any atom is -0.394 e. The summed E-state index contributed by atoms with van der Waals surface area (Å²) in [5.41, 5.74) is -0.291. The fourth-order valence-corrected chi connectivity index (χ4v) is 2.76. The normalized spacial score (nSPS) is 40.2. The SMILES string of the molecule is OCC12CCCN1C[C@H](C(F)F)C2. The summed E-state index contributed by atoms with van der Waals surface area (Å²) in [4.78, 5) is 2.05. The molecule has 1 unspecified atom stereocenters. The molecule has 0 aromatic carbocycles. The lowest BCUT2D eigenvalue weighted by Crippen LogP contribution is -2.41. The minimum absolute atomic E-state index is 0.0379. The van der Waals surface area contributed by atoms with Gasteiger partial charge in [0.15, 0.2) is 0 Å². The first kappa shape index (κ1) is 9.34. The van der Waals surface area contributed by atoms with Crippen LogP contribution >= 0.6 is 0 Å². The maximum atomic E-state index is 12.4. The van der Waals surface area contributed by atoms with Crippen molar-refractivity contribution in [1.29, 1.82) is 0 Å². The van der Waals surface area contributed by atoms with Gasteiger partial charge in [-0.05, 0) is 25.8 Å². The first-order valence-corrected chi connectivity index (χ1v) is 4.82. The lowest BCUT2D eigenvalue weighted by molar-refractivity contribution is 0.0776. The molecule has 1 N–H and O–H groups in total. The van der Waals surface area contributed by atoms with Crippen LogP contribution in [0.5, 0.6) is 0 Å². The lowest BCUT2D eigenvalue weighted by Gasteiger charge is -2.29. The highest BCUT2D eigenvalue weighted by Crippen LogP contribution is 2.42. The second kappa shape index (κ2) is 3.17. The molecule has 2 atom stereocenters. The molecule has 0 saturated carbocycles. The number of alkyl halides is 2. The van der Waals surface area contributed by atoms with Gasteiger partial charge >= 0.3 is 0 Å². The van der Waals surface area contributed by atoms with E-state index in [-0.39, 0.29) is 12.1 Å². The molecule has 76 valence electrons. The number of nitrogens with zero attached hydrogens (tertiary/aromatic N) is 1. The van der Waals surface area contributed by atoms with E-state index in [2.05, 4.69) is 0 Å². The third-order valence-electron chi connectivity index (χ3n) is 3.49. The zero-order valence-corrected chi connectivity index (χ0v) is 7.55. The Kier molecular flexibility index (Phi) is 2.28. The van der Waals surface area contributed by atoms with Gasteiger partial charge in [-0.2, -0.15) is 0 Å². The van der Waals surface area contributed by atoms with Crippen LogP contribution in [-0.2, 0) is 0 Å². The van der Waals surface area contributed by atoms with E-state index in [0.29, 0.717) is 13.0 Å². The molecule has 0 spiro atoms. The molecule has 2 saturated heterocycles. The van der Waals surface area contributed by atoms with E-state index in [9.17, 15) is 13.9 Å². The summed E-state index contributed by atoms with van der Waals surface area (Å²) in [6.45, 7) is 1.39. The maximum absolute atomic E-state index is 12.4. The highest BCUT2D eigenvalue weighted by atomic mass is 19.3. The van der Waals surface area contributed by atoms with Gasteiger partial charge in [-0.3, -0.25) is 4.90 Å². The van der Waals surface area contributed by atoms with Crippen LogP contribution in [0.3, 0.4) is 0 Å². The van der Waals surface area contributed by atoms with Crippen LogP contribution in [0.4, 0.5) is 8.78 Å². The lowest BCUT2D eigenvalue weighted by atomic mass is 9.91. The number of aliphatic hydroxyl groups is 1. The predicted octanol–water partition coefficient (Wildman–Crippen LogP) is 1.10. The molecule has 2 fully saturated rings. The summed E-state index contributed by atoms with van der Waals surface area (Å²) >= 11 is 0. The molecule has 2 nitrogen and oxygen atoms in total. The topological polar surface area (TPSA) is 23.5 Å². The van der Waals surface area contributed by atoms with Crippen molar-refractivity contribution in [3.05, 3.63) is 0 Å². The first-order chi connectivity index (χ1) is 6.18. The molecule has 2 aliphatic heterocycles. The summed E-state index contributed by atoms with van der Waals surface area (Å²) in [6.07, 6.45) is 0.166. The average molecular weight is 191 g/mol. The largest absolute Gasteiger partial charge is 0.394 e. The van der Waals surface area contributed by atoms with Crippen LogP contribution in [0.1, 0.15) is 19.3 Å². The Morgan fingerprint density at radius 1 is 1.54 bits per heavy atom. The first-order valence-electron chi connectivity index (χ1n) is 4.82. The van der Waals surface area contributed by atoms with E-state index in [1.165, 1.54) is 0 Å². The van der Waals surface area contributed by atoms with Gasteiger partial charge in [0.25, 0.3) is 0 Å². The molecule has 0 bridgehead atoms. The third-order valence-corrected chi connectivity index (χ3v) is 3.49. The smallest absolute Gasteiger partial charge is 0.242 e. The van der Waals surface area contributed by atoms with E-state index < -0.39 is 12.3 Å². The van der Waals surface area contributed by atoms with E-state index in [4.69, 9.17) is 0 Å². The van der Waals surface area contributed by atoms with Crippen LogP contribution < -0.4 is 0 Å². The van der Waals surface area contributed by atoms with Crippen molar-refractivity contribution in [2.75, 3.05) is 19.7 Å². The van der Waals surface area contributed by atoms with Crippen molar-refractivity contribution in [2.24, 2.45) is 5.92 Å². The van der Waals surface area contributed by atoms with Crippen molar-refractivity contribution in [3.8, 4) is 0 Å². The van der Waals surface area contributed by atoms with Gasteiger partial charge in [-0.15, -0.1) is 0 Å². The fourth-order valence-electron chi connectivity index (χ4n) is 2.76. The summed E-state index contributed by atoms with van der Waals surface area (Å²) in [7, 11) is 0. The van der Waals surface area contributed by atoms with Gasteiger partial charge in [0.2, 0.25) is 6.43 Å². The Labute approximate surface area is 76.5 Å². The molecule has 0 radical (unpaired) electrons. The van der Waals surface area contributed by atoms with Crippen LogP contribution in [0.25, 0.3) is 0 Å². The van der Waals surface area contributed by atoms with Gasteiger partial charge in [-0.25, -0.2) is 8.78 Å². The standard InChI is InChI=1S/C9H15F2NO/c10-8(11)7-4-9(6-13)2-1-3-12(9)5-7/h7-8,13H,1-6H2/t7-,9?/m1/s1. The Hall–Kier alpha value is -0.220. The molecule has 2 aliphatic rings. The summed E-state index contributed by atoms with van der Waals surface area (Å²) < 4.78 is 24.9. The highest BCUT2D eigenvalue weighted by Gasteiger charge is 2.50. The molecular weight excluding hydrogens is 176 g/mol. The number of halogens is 2. The van der Waals surface area contributed by atoms with Crippen molar-refractivity contribution in [3.63, 3.8) is 0 Å². The Morgan fingerprint density at radius 3 is 2.85 bits per heavy atom. The second-order valence-electron chi connectivity index (χ2n) is 4.23.